The van der Waals surface area contributed by atoms with Gasteiger partial charge in [0.15, 0.2) is 0 Å². The first kappa shape index (κ1) is 18.2. The summed E-state index contributed by atoms with van der Waals surface area (Å²) in [4.78, 5) is 0. The number of rotatable bonds is 2. The van der Waals surface area contributed by atoms with Crippen molar-refractivity contribution in [2.45, 2.75) is 19.8 Å². The van der Waals surface area contributed by atoms with Crippen LogP contribution in [0.2, 0.25) is 0 Å². The summed E-state index contributed by atoms with van der Waals surface area (Å²) in [6.45, 7) is 2.24. The van der Waals surface area contributed by atoms with Gasteiger partial charge < -0.3 is 14.9 Å². The fourth-order valence-electron chi connectivity index (χ4n) is 2.54. The van der Waals surface area contributed by atoms with Gasteiger partial charge in [0.1, 0.15) is 0 Å². The largest absolute Gasteiger partial charge is 0.358 e. The van der Waals surface area contributed by atoms with Crippen molar-refractivity contribution in [2.24, 2.45) is 0 Å². The molecule has 0 atom stereocenters. The molecule has 0 aromatic heterocycles. The maximum Gasteiger partial charge on any atom is 0 e. The second-order valence-corrected chi connectivity index (χ2v) is 4.36. The van der Waals surface area contributed by atoms with Gasteiger partial charge in [-0.2, -0.15) is 6.07 Å². The van der Waals surface area contributed by atoms with Crippen molar-refractivity contribution in [2.75, 3.05) is 0 Å². The molecule has 0 aliphatic heterocycles. The van der Waals surface area contributed by atoms with E-state index in [1.54, 1.807) is 0 Å². The molecule has 19 heavy (non-hydrogen) atoms. The molecule has 3 rings (SSSR count). The summed E-state index contributed by atoms with van der Waals surface area (Å²) in [5, 5.41) is 5.58. The minimum absolute atomic E-state index is 0. The summed E-state index contributed by atoms with van der Waals surface area (Å²) in [6, 6.07) is 17.6. The maximum atomic E-state index is 2.28. The number of hydrogen-bond acceptors (Lipinski definition) is 0. The van der Waals surface area contributed by atoms with Crippen LogP contribution in [0.5, 0.6) is 0 Å². The average Bonchev–Trinajstić information content (AvgIpc) is 2.73. The van der Waals surface area contributed by atoms with E-state index in [0.717, 1.165) is 0 Å². The van der Waals surface area contributed by atoms with Gasteiger partial charge in [0.25, 0.3) is 0 Å². The van der Waals surface area contributed by atoms with E-state index in [9.17, 15) is 0 Å². The first-order chi connectivity index (χ1) is 7.90. The zero-order valence-corrected chi connectivity index (χ0v) is 15.6. The molecule has 0 fully saturated rings. The third kappa shape index (κ3) is 3.20. The Kier molecular flexibility index (Phi) is 7.36. The zero-order valence-electron chi connectivity index (χ0n) is 12.0. The fraction of sp³-hybridized carbons (Fsp3) is 0.167. The van der Waals surface area contributed by atoms with Crippen LogP contribution >= 0.6 is 0 Å². The van der Waals surface area contributed by atoms with E-state index >= 15 is 0 Å². The summed E-state index contributed by atoms with van der Waals surface area (Å²) in [6.07, 6.45) is 2.39. The smallest absolute Gasteiger partial charge is 0 e. The Balaban J connectivity index is 0.00000108. The summed E-state index contributed by atoms with van der Waals surface area (Å²) >= 11 is 0. The van der Waals surface area contributed by atoms with Crippen molar-refractivity contribution in [1.29, 1.82) is 0 Å². The molecule has 0 unspecified atom stereocenters. The van der Waals surface area contributed by atoms with Crippen LogP contribution in [-0.2, 0) is 32.3 Å². The molecular weight excluding hydrogens is 395 g/mol. The molecule has 0 aliphatic rings. The Bertz CT molecular complexity index is 634. The van der Waals surface area contributed by atoms with Gasteiger partial charge in [0.2, 0.25) is 0 Å². The normalized spacial score (nSPS) is 9.53. The molecule has 0 saturated heterocycles. The molecule has 1 heteroatoms. The number of fused-ring (bicyclic) bond motifs is 3. The Morgan fingerprint density at radius 3 is 2.32 bits per heavy atom. The topological polar surface area (TPSA) is 0 Å². The first-order valence-corrected chi connectivity index (χ1v) is 5.96. The van der Waals surface area contributed by atoms with Gasteiger partial charge in [-0.1, -0.05) is 60.9 Å². The van der Waals surface area contributed by atoms with E-state index in [0.29, 0.717) is 0 Å². The van der Waals surface area contributed by atoms with Crippen molar-refractivity contribution in [3.63, 3.8) is 0 Å². The van der Waals surface area contributed by atoms with Gasteiger partial charge in [-0.25, -0.2) is 0 Å². The molecule has 0 nitrogen and oxygen atoms in total. The summed E-state index contributed by atoms with van der Waals surface area (Å²) in [5.41, 5.74) is 1.49. The molecular formula is C18H21Hf-3. The van der Waals surface area contributed by atoms with Crippen molar-refractivity contribution < 1.29 is 25.8 Å². The van der Waals surface area contributed by atoms with E-state index in [1.807, 2.05) is 0 Å². The van der Waals surface area contributed by atoms with Crippen molar-refractivity contribution in [3.8, 4) is 0 Å². The van der Waals surface area contributed by atoms with Crippen LogP contribution < -0.4 is 0 Å². The fourth-order valence-corrected chi connectivity index (χ4v) is 2.54. The molecule has 3 aromatic carbocycles. The third-order valence-corrected chi connectivity index (χ3v) is 3.27. The summed E-state index contributed by atoms with van der Waals surface area (Å²) in [5.74, 6) is 0. The van der Waals surface area contributed by atoms with Gasteiger partial charge in [-0.3, -0.25) is 0 Å². The second-order valence-electron chi connectivity index (χ2n) is 4.36. The summed E-state index contributed by atoms with van der Waals surface area (Å²) < 4.78 is 0. The minimum Gasteiger partial charge on any atom is -0.358 e. The van der Waals surface area contributed by atoms with E-state index in [1.165, 1.54) is 39.9 Å². The SMILES string of the molecule is CCC[c-]1ccc2ccc3ccccc3c21.[CH3-].[CH3-].[Hf]. The minimum atomic E-state index is 0. The monoisotopic (exact) mass is 417 g/mol. The average molecular weight is 416 g/mol. The van der Waals surface area contributed by atoms with Gasteiger partial charge in [-0.15, -0.1) is 28.5 Å². The van der Waals surface area contributed by atoms with Crippen molar-refractivity contribution >= 4 is 21.5 Å². The summed E-state index contributed by atoms with van der Waals surface area (Å²) in [7, 11) is 0. The van der Waals surface area contributed by atoms with E-state index in [4.69, 9.17) is 0 Å². The number of benzene rings is 2. The van der Waals surface area contributed by atoms with Gasteiger partial charge in [0, 0.05) is 25.8 Å². The molecule has 0 N–H and O–H groups in total. The van der Waals surface area contributed by atoms with Crippen LogP contribution in [0.15, 0.2) is 48.5 Å². The molecule has 3 aromatic rings. The Labute approximate surface area is 136 Å². The predicted molar refractivity (Wildman–Crippen MR) is 83.9 cm³/mol. The van der Waals surface area contributed by atoms with Crippen LogP contribution in [0, 0.1) is 14.9 Å². The molecule has 0 amide bonds. The molecule has 0 aliphatic carbocycles. The molecule has 0 saturated carbocycles. The van der Waals surface area contributed by atoms with Gasteiger partial charge >= 0.3 is 0 Å². The molecule has 0 bridgehead atoms. The Hall–Kier alpha value is -0.820. The first-order valence-electron chi connectivity index (χ1n) is 5.96. The van der Waals surface area contributed by atoms with Crippen LogP contribution in [0.3, 0.4) is 0 Å². The quantitative estimate of drug-likeness (QED) is 0.379. The molecule has 0 spiro atoms. The van der Waals surface area contributed by atoms with Crippen LogP contribution in [-0.4, -0.2) is 0 Å². The predicted octanol–water partition coefficient (Wildman–Crippen LogP) is 5.56. The standard InChI is InChI=1S/C16H15.2CH3.Hf/c1-2-5-13-10-11-14-9-8-12-6-3-4-7-15(12)16(13)14;;;/h3-4,6-11H,2,5H2,1H3;2*1H3;/q3*-1;. The molecule has 0 heterocycles. The second kappa shape index (κ2) is 7.69. The van der Waals surface area contributed by atoms with Gasteiger partial charge in [0.05, 0.1) is 0 Å². The van der Waals surface area contributed by atoms with Crippen LogP contribution in [0.1, 0.15) is 18.9 Å². The number of aryl methyl sites for hydroxylation is 1. The van der Waals surface area contributed by atoms with Gasteiger partial charge in [-0.05, 0) is 0 Å². The maximum absolute atomic E-state index is 2.28. The van der Waals surface area contributed by atoms with E-state index in [-0.39, 0.29) is 40.7 Å². The molecule has 100 valence electrons. The molecule has 0 radical (unpaired) electrons. The van der Waals surface area contributed by atoms with Crippen molar-refractivity contribution in [3.05, 3.63) is 68.9 Å². The zero-order chi connectivity index (χ0) is 11.0. The van der Waals surface area contributed by atoms with Crippen molar-refractivity contribution in [1.82, 2.24) is 0 Å². The number of hydrogen-bond donors (Lipinski definition) is 0. The third-order valence-electron chi connectivity index (χ3n) is 3.27. The van der Waals surface area contributed by atoms with E-state index < -0.39 is 0 Å². The Morgan fingerprint density at radius 1 is 0.895 bits per heavy atom. The van der Waals surface area contributed by atoms with Crippen LogP contribution in [0.25, 0.3) is 21.5 Å². The van der Waals surface area contributed by atoms with E-state index in [2.05, 4.69) is 55.5 Å². The van der Waals surface area contributed by atoms with Crippen LogP contribution in [0.4, 0.5) is 0 Å². The Morgan fingerprint density at radius 2 is 1.58 bits per heavy atom.